The number of hydrogen-bond acceptors (Lipinski definition) is 5. The summed E-state index contributed by atoms with van der Waals surface area (Å²) in [5, 5.41) is 7.97. The average Bonchev–Trinajstić information content (AvgIpc) is 3.04. The lowest BCUT2D eigenvalue weighted by Gasteiger charge is -2.25. The highest BCUT2D eigenvalue weighted by atomic mass is 15.3. The predicted octanol–water partition coefficient (Wildman–Crippen LogP) is 2.57. The van der Waals surface area contributed by atoms with Crippen LogP contribution in [0.15, 0.2) is 30.7 Å². The first-order valence-corrected chi connectivity index (χ1v) is 7.75. The maximum Gasteiger partial charge on any atom is 0.157 e. The van der Waals surface area contributed by atoms with E-state index in [1.54, 1.807) is 18.6 Å². The number of fused-ring (bicyclic) bond motifs is 2. The lowest BCUT2D eigenvalue weighted by molar-refractivity contribution is 0.567. The van der Waals surface area contributed by atoms with E-state index in [0.717, 1.165) is 54.2 Å². The molecule has 3 aromatic rings. The number of aromatic nitrogens is 5. The molecule has 1 aliphatic rings. The molecule has 1 atom stereocenters. The highest BCUT2D eigenvalue weighted by molar-refractivity contribution is 5.50. The minimum Gasteiger partial charge on any atom is -0.361 e. The Kier molecular flexibility index (Phi) is 3.21. The lowest BCUT2D eigenvalue weighted by atomic mass is 9.95. The Hall–Kier alpha value is -2.50. The standard InChI is InChI=1S/C16H18N6/c1-2-11-10-15(22-14(20-11)6-7-19-22)21-13-5-3-4-12-16(13)18-9-8-17-12/h6-10,13,21H,2-5H2,1H3/t13-/m1/s1. The van der Waals surface area contributed by atoms with E-state index >= 15 is 0 Å². The van der Waals surface area contributed by atoms with Crippen LogP contribution in [0.1, 0.15) is 42.9 Å². The molecule has 4 rings (SSSR count). The minimum absolute atomic E-state index is 0.178. The van der Waals surface area contributed by atoms with Crippen molar-refractivity contribution in [3.63, 3.8) is 0 Å². The molecular formula is C16H18N6. The number of hydrogen-bond donors (Lipinski definition) is 1. The van der Waals surface area contributed by atoms with Gasteiger partial charge in [0.25, 0.3) is 0 Å². The third-order valence-electron chi connectivity index (χ3n) is 4.14. The van der Waals surface area contributed by atoms with E-state index in [2.05, 4.69) is 38.4 Å². The zero-order chi connectivity index (χ0) is 14.9. The third kappa shape index (κ3) is 2.20. The van der Waals surface area contributed by atoms with E-state index in [4.69, 9.17) is 0 Å². The van der Waals surface area contributed by atoms with Crippen LogP contribution in [-0.4, -0.2) is 24.6 Å². The van der Waals surface area contributed by atoms with Crippen molar-refractivity contribution in [1.29, 1.82) is 0 Å². The van der Waals surface area contributed by atoms with Crippen molar-refractivity contribution >= 4 is 11.5 Å². The second-order valence-corrected chi connectivity index (χ2v) is 5.56. The molecule has 1 aliphatic carbocycles. The molecule has 0 aromatic carbocycles. The van der Waals surface area contributed by atoms with E-state index in [9.17, 15) is 0 Å². The Morgan fingerprint density at radius 2 is 2.18 bits per heavy atom. The second kappa shape index (κ2) is 5.36. The van der Waals surface area contributed by atoms with Gasteiger partial charge in [0, 0.05) is 30.2 Å². The Labute approximate surface area is 128 Å². The van der Waals surface area contributed by atoms with Crippen molar-refractivity contribution < 1.29 is 0 Å². The number of rotatable bonds is 3. The van der Waals surface area contributed by atoms with Crippen molar-refractivity contribution in [3.05, 3.63) is 47.8 Å². The zero-order valence-corrected chi connectivity index (χ0v) is 12.5. The number of anilines is 1. The zero-order valence-electron chi connectivity index (χ0n) is 12.5. The van der Waals surface area contributed by atoms with Gasteiger partial charge in [0.2, 0.25) is 0 Å². The predicted molar refractivity (Wildman–Crippen MR) is 83.7 cm³/mol. The van der Waals surface area contributed by atoms with Crippen molar-refractivity contribution in [2.75, 3.05) is 5.32 Å². The quantitative estimate of drug-likeness (QED) is 0.804. The normalized spacial score (nSPS) is 17.4. The van der Waals surface area contributed by atoms with Gasteiger partial charge in [0.05, 0.1) is 23.6 Å². The van der Waals surface area contributed by atoms with Gasteiger partial charge in [-0.1, -0.05) is 6.92 Å². The molecule has 0 spiro atoms. The van der Waals surface area contributed by atoms with Crippen LogP contribution in [-0.2, 0) is 12.8 Å². The number of aryl methyl sites for hydroxylation is 2. The molecule has 22 heavy (non-hydrogen) atoms. The molecule has 3 aromatic heterocycles. The molecule has 1 N–H and O–H groups in total. The third-order valence-corrected chi connectivity index (χ3v) is 4.14. The molecule has 0 bridgehead atoms. The number of nitrogens with one attached hydrogen (secondary N) is 1. The van der Waals surface area contributed by atoms with E-state index in [0.29, 0.717) is 0 Å². The molecule has 0 aliphatic heterocycles. The van der Waals surface area contributed by atoms with E-state index in [1.165, 1.54) is 0 Å². The van der Waals surface area contributed by atoms with E-state index in [1.807, 2.05) is 10.6 Å². The summed E-state index contributed by atoms with van der Waals surface area (Å²) >= 11 is 0. The molecule has 0 saturated carbocycles. The van der Waals surface area contributed by atoms with E-state index in [-0.39, 0.29) is 6.04 Å². The largest absolute Gasteiger partial charge is 0.361 e. The first-order valence-electron chi connectivity index (χ1n) is 7.75. The number of nitrogens with zero attached hydrogens (tertiary/aromatic N) is 5. The molecule has 0 radical (unpaired) electrons. The van der Waals surface area contributed by atoms with Gasteiger partial charge in [-0.2, -0.15) is 9.61 Å². The van der Waals surface area contributed by atoms with Crippen LogP contribution in [0.2, 0.25) is 0 Å². The Balaban J connectivity index is 1.74. The van der Waals surface area contributed by atoms with Gasteiger partial charge >= 0.3 is 0 Å². The summed E-state index contributed by atoms with van der Waals surface area (Å²) in [6, 6.07) is 4.18. The molecule has 6 heteroatoms. The Bertz CT molecular complexity index is 809. The molecule has 0 amide bonds. The Morgan fingerprint density at radius 3 is 3.09 bits per heavy atom. The summed E-state index contributed by atoms with van der Waals surface area (Å²) in [6.07, 6.45) is 9.41. The summed E-state index contributed by atoms with van der Waals surface area (Å²) in [6.45, 7) is 2.11. The fraction of sp³-hybridized carbons (Fsp3) is 0.375. The van der Waals surface area contributed by atoms with Crippen LogP contribution in [0.5, 0.6) is 0 Å². The average molecular weight is 294 g/mol. The summed E-state index contributed by atoms with van der Waals surface area (Å²) in [5.74, 6) is 0.968. The van der Waals surface area contributed by atoms with Crippen molar-refractivity contribution in [3.8, 4) is 0 Å². The second-order valence-electron chi connectivity index (χ2n) is 5.56. The van der Waals surface area contributed by atoms with E-state index < -0.39 is 0 Å². The summed E-state index contributed by atoms with van der Waals surface area (Å²) in [4.78, 5) is 13.6. The van der Waals surface area contributed by atoms with Crippen molar-refractivity contribution in [2.24, 2.45) is 0 Å². The van der Waals surface area contributed by atoms with Crippen LogP contribution in [0.3, 0.4) is 0 Å². The maximum atomic E-state index is 4.58. The fourth-order valence-corrected chi connectivity index (χ4v) is 3.04. The SMILES string of the molecule is CCc1cc(N[C@@H]2CCCc3nccnc32)n2nccc2n1. The molecule has 0 saturated heterocycles. The Morgan fingerprint density at radius 1 is 1.27 bits per heavy atom. The van der Waals surface area contributed by atoms with Crippen molar-refractivity contribution in [1.82, 2.24) is 24.6 Å². The van der Waals surface area contributed by atoms with Crippen LogP contribution in [0.4, 0.5) is 5.82 Å². The topological polar surface area (TPSA) is 68.0 Å². The molecule has 0 unspecified atom stereocenters. The molecule has 0 fully saturated rings. The lowest BCUT2D eigenvalue weighted by Crippen LogP contribution is -2.21. The molecular weight excluding hydrogens is 276 g/mol. The maximum absolute atomic E-state index is 4.58. The van der Waals surface area contributed by atoms with Gasteiger partial charge < -0.3 is 5.32 Å². The monoisotopic (exact) mass is 294 g/mol. The van der Waals surface area contributed by atoms with Crippen LogP contribution < -0.4 is 5.32 Å². The summed E-state index contributed by atoms with van der Waals surface area (Å²) in [5.41, 5.74) is 4.10. The fourth-order valence-electron chi connectivity index (χ4n) is 3.04. The minimum atomic E-state index is 0.178. The highest BCUT2D eigenvalue weighted by Gasteiger charge is 2.23. The molecule has 6 nitrogen and oxygen atoms in total. The van der Waals surface area contributed by atoms with Gasteiger partial charge in [-0.3, -0.25) is 9.97 Å². The summed E-state index contributed by atoms with van der Waals surface area (Å²) < 4.78 is 1.85. The van der Waals surface area contributed by atoms with Crippen LogP contribution in [0.25, 0.3) is 5.65 Å². The first kappa shape index (κ1) is 13.2. The molecule has 3 heterocycles. The van der Waals surface area contributed by atoms with Gasteiger partial charge in [0.1, 0.15) is 5.82 Å². The molecule has 112 valence electrons. The van der Waals surface area contributed by atoms with Crippen LogP contribution in [0, 0.1) is 0 Å². The van der Waals surface area contributed by atoms with Gasteiger partial charge in [-0.15, -0.1) is 0 Å². The van der Waals surface area contributed by atoms with Gasteiger partial charge in [0.15, 0.2) is 5.65 Å². The van der Waals surface area contributed by atoms with Crippen molar-refractivity contribution in [2.45, 2.75) is 38.6 Å². The van der Waals surface area contributed by atoms with Crippen LogP contribution >= 0.6 is 0 Å². The smallest absolute Gasteiger partial charge is 0.157 e. The van der Waals surface area contributed by atoms with Gasteiger partial charge in [-0.25, -0.2) is 4.98 Å². The summed E-state index contributed by atoms with van der Waals surface area (Å²) in [7, 11) is 0. The van der Waals surface area contributed by atoms with Gasteiger partial charge in [-0.05, 0) is 25.7 Å². The highest BCUT2D eigenvalue weighted by Crippen LogP contribution is 2.30. The first-order chi connectivity index (χ1) is 10.8.